The molecule has 9 fully saturated rings. The molecule has 0 aromatic carbocycles. The van der Waals surface area contributed by atoms with Crippen LogP contribution in [0.3, 0.4) is 0 Å². The van der Waals surface area contributed by atoms with E-state index in [-0.39, 0.29) is 18.6 Å². The van der Waals surface area contributed by atoms with Crippen LogP contribution in [0.5, 0.6) is 0 Å². The highest BCUT2D eigenvalue weighted by atomic mass is 35.5. The fraction of sp³-hybridized carbons (Fsp3) is 1.00. The Kier molecular flexibility index (Phi) is 9.18. The van der Waals surface area contributed by atoms with E-state index >= 15 is 0 Å². The van der Waals surface area contributed by atoms with Gasteiger partial charge < -0.3 is 6.15 Å². The van der Waals surface area contributed by atoms with E-state index in [4.69, 9.17) is 0 Å². The second-order valence-corrected chi connectivity index (χ2v) is 15.6. The van der Waals surface area contributed by atoms with E-state index in [1.807, 2.05) is 0 Å². The van der Waals surface area contributed by atoms with Gasteiger partial charge in [-0.3, -0.25) is 42.5 Å². The summed E-state index contributed by atoms with van der Waals surface area (Å²) in [6.07, 6.45) is 25.6. The second kappa shape index (κ2) is 12.6. The summed E-state index contributed by atoms with van der Waals surface area (Å²) in [7, 11) is 0. The average molecular weight is 606 g/mol. The van der Waals surface area contributed by atoms with Crippen molar-refractivity contribution in [2.75, 3.05) is 0 Å². The first kappa shape index (κ1) is 30.6. The van der Waals surface area contributed by atoms with Crippen molar-refractivity contribution in [3.05, 3.63) is 0 Å². The molecule has 9 aliphatic rings. The van der Waals surface area contributed by atoms with Crippen LogP contribution in [0.25, 0.3) is 0 Å². The topological polar surface area (TPSA) is 131 Å². The van der Waals surface area contributed by atoms with Gasteiger partial charge in [-0.2, -0.15) is 0 Å². The van der Waals surface area contributed by atoms with Gasteiger partial charge in [0, 0.05) is 0 Å². The largest absolute Gasteiger partial charge is 0.344 e. The molecule has 4 saturated carbocycles. The fourth-order valence-electron chi connectivity index (χ4n) is 12.0. The van der Waals surface area contributed by atoms with Gasteiger partial charge in [0.2, 0.25) is 0 Å². The van der Waals surface area contributed by atoms with Crippen molar-refractivity contribution in [1.29, 1.82) is 0 Å². The normalized spacial score (nSPS) is 54.9. The molecule has 8 atom stereocenters. The summed E-state index contributed by atoms with van der Waals surface area (Å²) in [5.41, 5.74) is 0. The summed E-state index contributed by atoms with van der Waals surface area (Å²) >= 11 is 0. The predicted molar refractivity (Wildman–Crippen MR) is 169 cm³/mol. The first-order valence-electron chi connectivity index (χ1n) is 17.9. The van der Waals surface area contributed by atoms with E-state index in [2.05, 4.69) is 42.5 Å². The molecule has 5 aliphatic heterocycles. The smallest absolute Gasteiger partial charge is 0.0628 e. The van der Waals surface area contributed by atoms with Gasteiger partial charge in [0.25, 0.3) is 0 Å². The lowest BCUT2D eigenvalue weighted by atomic mass is 9.76. The summed E-state index contributed by atoms with van der Waals surface area (Å²) in [4.78, 5) is 0. The van der Waals surface area contributed by atoms with Crippen LogP contribution in [0, 0.1) is 47.3 Å². The molecule has 9 rings (SSSR count). The minimum absolute atomic E-state index is 0. The molecule has 11 N–H and O–H groups in total. The second-order valence-electron chi connectivity index (χ2n) is 15.6. The Hall–Kier alpha value is -0.0700. The number of hydrogen-bond donors (Lipinski definition) is 9. The third kappa shape index (κ3) is 5.19. The molecule has 0 amide bonds. The maximum Gasteiger partial charge on any atom is 0.0628 e. The van der Waals surface area contributed by atoms with Crippen LogP contribution in [0.4, 0.5) is 0 Å². The third-order valence-electron chi connectivity index (χ3n) is 13.8. The van der Waals surface area contributed by atoms with Gasteiger partial charge in [0.05, 0.1) is 49.3 Å². The van der Waals surface area contributed by atoms with E-state index in [0.29, 0.717) is 49.3 Å². The first-order chi connectivity index (χ1) is 19.8. The maximum absolute atomic E-state index is 4.26. The van der Waals surface area contributed by atoms with Crippen LogP contribution in [-0.2, 0) is 0 Å². The quantitative estimate of drug-likeness (QED) is 0.204. The van der Waals surface area contributed by atoms with Crippen LogP contribution in [0.15, 0.2) is 0 Å². The number of fused-ring (bicyclic) bond motifs is 20. The summed E-state index contributed by atoms with van der Waals surface area (Å²) < 4.78 is 0. The van der Waals surface area contributed by atoms with Gasteiger partial charge in [-0.1, -0.05) is 51.4 Å². The molecular formula is C32H60ClN9. The van der Waals surface area contributed by atoms with Crippen molar-refractivity contribution in [2.45, 2.75) is 152 Å². The molecule has 5 heterocycles. The van der Waals surface area contributed by atoms with Crippen molar-refractivity contribution in [2.24, 2.45) is 47.3 Å². The minimum Gasteiger partial charge on any atom is -0.344 e. The van der Waals surface area contributed by atoms with Crippen molar-refractivity contribution in [3.8, 4) is 0 Å². The molecular weight excluding hydrogens is 546 g/mol. The fourth-order valence-corrected chi connectivity index (χ4v) is 12.0. The predicted octanol–water partition coefficient (Wildman–Crippen LogP) is 3.19. The summed E-state index contributed by atoms with van der Waals surface area (Å²) in [6.45, 7) is 0. The van der Waals surface area contributed by atoms with Crippen LogP contribution in [-0.4, -0.2) is 49.3 Å². The van der Waals surface area contributed by atoms with Gasteiger partial charge in [-0.05, 0) is 98.7 Å². The minimum atomic E-state index is 0. The summed E-state index contributed by atoms with van der Waals surface area (Å²) in [6, 6.07) is 0. The van der Waals surface area contributed by atoms with Crippen LogP contribution in [0.1, 0.15) is 103 Å². The molecule has 8 bridgehead atoms. The highest BCUT2D eigenvalue weighted by Crippen LogP contribution is 2.45. The van der Waals surface area contributed by atoms with Crippen molar-refractivity contribution in [1.82, 2.24) is 48.7 Å². The van der Waals surface area contributed by atoms with E-state index in [0.717, 1.165) is 47.3 Å². The van der Waals surface area contributed by atoms with Gasteiger partial charge >= 0.3 is 0 Å². The maximum atomic E-state index is 4.26. The first-order valence-corrected chi connectivity index (χ1v) is 17.9. The monoisotopic (exact) mass is 605 g/mol. The van der Waals surface area contributed by atoms with E-state index in [1.165, 1.54) is 103 Å². The number of rotatable bonds is 0. The highest BCUT2D eigenvalue weighted by molar-refractivity contribution is 5.85. The molecule has 42 heavy (non-hydrogen) atoms. The lowest BCUT2D eigenvalue weighted by molar-refractivity contribution is 0.167. The SMILES string of the molecule is C1CCC2C3NC(NC4NC(NC5NC(NC6NC(N3)C3CCCCC63)C3CCCCC53)C3CCCCC43)C2C1.Cl.N. The van der Waals surface area contributed by atoms with Gasteiger partial charge in [0.15, 0.2) is 0 Å². The molecule has 0 radical (unpaired) electrons. The number of halogens is 1. The lowest BCUT2D eigenvalue weighted by Gasteiger charge is -2.35. The molecule has 0 aromatic heterocycles. The molecule has 240 valence electrons. The Labute approximate surface area is 260 Å². The van der Waals surface area contributed by atoms with Gasteiger partial charge in [0.1, 0.15) is 0 Å². The molecule has 9 nitrogen and oxygen atoms in total. The Bertz CT molecular complexity index is 718. The molecule has 8 unspecified atom stereocenters. The number of nitrogens with one attached hydrogen (secondary N) is 8. The molecule has 10 heteroatoms. The Morgan fingerprint density at radius 1 is 0.238 bits per heavy atom. The van der Waals surface area contributed by atoms with Crippen molar-refractivity contribution >= 4 is 12.4 Å². The van der Waals surface area contributed by atoms with Crippen LogP contribution < -0.4 is 48.7 Å². The summed E-state index contributed by atoms with van der Waals surface area (Å²) in [5, 5.41) is 33.8. The molecule has 0 spiro atoms. The van der Waals surface area contributed by atoms with E-state index < -0.39 is 0 Å². The van der Waals surface area contributed by atoms with Gasteiger partial charge in [-0.15, -0.1) is 12.4 Å². The lowest BCUT2D eigenvalue weighted by Crippen LogP contribution is -2.61. The Balaban J connectivity index is 0.00000144. The average Bonchev–Trinajstić information content (AvgIpc) is 3.73. The van der Waals surface area contributed by atoms with Crippen molar-refractivity contribution in [3.63, 3.8) is 0 Å². The van der Waals surface area contributed by atoms with E-state index in [1.54, 1.807) is 0 Å². The summed E-state index contributed by atoms with van der Waals surface area (Å²) in [5.74, 6) is 5.97. The zero-order chi connectivity index (χ0) is 26.2. The Morgan fingerprint density at radius 2 is 0.357 bits per heavy atom. The van der Waals surface area contributed by atoms with Crippen LogP contribution >= 0.6 is 12.4 Å². The third-order valence-corrected chi connectivity index (χ3v) is 13.8. The van der Waals surface area contributed by atoms with Crippen molar-refractivity contribution < 1.29 is 0 Å². The zero-order valence-corrected chi connectivity index (χ0v) is 26.5. The highest BCUT2D eigenvalue weighted by Gasteiger charge is 2.54. The standard InChI is InChI=1S/C32H56N8.ClH.H3N/c1-2-10-18-17(9-1)25-33-26(18)38-28-21-13-5-6-14-22(21)30(35-28)40-32-24-16-8-7-15-23(24)31(36-32)39-29-20-12-4-3-11-19(20)27(34-29)37-25;;/h17-40H,1-16H2;1H;1H3. The molecule has 0 aromatic rings. The molecule has 5 saturated heterocycles. The van der Waals surface area contributed by atoms with E-state index in [9.17, 15) is 0 Å². The number of hydrogen-bond acceptors (Lipinski definition) is 9. The Morgan fingerprint density at radius 3 is 0.476 bits per heavy atom. The molecule has 4 aliphatic carbocycles. The van der Waals surface area contributed by atoms with Crippen LogP contribution in [0.2, 0.25) is 0 Å². The zero-order valence-electron chi connectivity index (χ0n) is 25.7. The van der Waals surface area contributed by atoms with Gasteiger partial charge in [-0.25, -0.2) is 0 Å².